The lowest BCUT2D eigenvalue weighted by Crippen LogP contribution is -2.66. The van der Waals surface area contributed by atoms with Crippen LogP contribution in [-0.4, -0.2) is 34.7 Å². The van der Waals surface area contributed by atoms with E-state index in [4.69, 9.17) is 16.1 Å². The summed E-state index contributed by atoms with van der Waals surface area (Å²) in [6.07, 6.45) is 2.53. The topological polar surface area (TPSA) is 41.3 Å². The summed E-state index contributed by atoms with van der Waals surface area (Å²) in [5.74, 6) is 1.55. The summed E-state index contributed by atoms with van der Waals surface area (Å²) in [5, 5.41) is 9.55. The van der Waals surface area contributed by atoms with Gasteiger partial charge in [0.2, 0.25) is 0 Å². The van der Waals surface area contributed by atoms with E-state index in [9.17, 15) is 0 Å². The maximum atomic E-state index is 6.00. The Morgan fingerprint density at radius 2 is 2.10 bits per heavy atom. The fourth-order valence-electron chi connectivity index (χ4n) is 4.04. The second-order valence-electron chi connectivity index (χ2n) is 6.77. The third-order valence-corrected chi connectivity index (χ3v) is 5.55. The summed E-state index contributed by atoms with van der Waals surface area (Å²) in [6, 6.07) is 6.08. The van der Waals surface area contributed by atoms with Gasteiger partial charge < -0.3 is 9.84 Å². The molecule has 21 heavy (non-hydrogen) atoms. The fourth-order valence-corrected chi connectivity index (χ4v) is 4.20. The molecular formula is C16H20ClN3O. The van der Waals surface area contributed by atoms with Crippen molar-refractivity contribution in [3.8, 4) is 0 Å². The zero-order chi connectivity index (χ0) is 14.6. The van der Waals surface area contributed by atoms with Gasteiger partial charge in [0.1, 0.15) is 0 Å². The molecule has 0 spiro atoms. The van der Waals surface area contributed by atoms with E-state index in [0.717, 1.165) is 16.8 Å². The zero-order valence-corrected chi connectivity index (χ0v) is 13.2. The van der Waals surface area contributed by atoms with Crippen LogP contribution in [0.25, 0.3) is 11.0 Å². The number of hydrogen-bond donors (Lipinski definition) is 1. The van der Waals surface area contributed by atoms with Gasteiger partial charge in [-0.05, 0) is 57.8 Å². The first-order valence-electron chi connectivity index (χ1n) is 7.62. The number of fused-ring (bicyclic) bond motifs is 4. The Bertz CT molecular complexity index is 673. The molecule has 5 rings (SSSR count). The number of nitrogens with one attached hydrogen (secondary N) is 1. The Morgan fingerprint density at radius 3 is 2.81 bits per heavy atom. The average molecular weight is 306 g/mol. The number of halogens is 1. The third kappa shape index (κ3) is 2.04. The molecule has 0 amide bonds. The van der Waals surface area contributed by atoms with Gasteiger partial charge >= 0.3 is 0 Å². The van der Waals surface area contributed by atoms with Gasteiger partial charge in [0.25, 0.3) is 0 Å². The van der Waals surface area contributed by atoms with Crippen LogP contribution >= 0.6 is 11.6 Å². The lowest BCUT2D eigenvalue weighted by atomic mass is 9.72. The third-order valence-electron chi connectivity index (χ3n) is 5.31. The SMILES string of the molecule is CC1(C)C(Nc2noc3cc(Cl)ccc23)C2CCN1CC2. The number of benzene rings is 1. The van der Waals surface area contributed by atoms with E-state index in [2.05, 4.69) is 29.2 Å². The molecule has 3 aliphatic heterocycles. The van der Waals surface area contributed by atoms with Crippen LogP contribution in [0.5, 0.6) is 0 Å². The summed E-state index contributed by atoms with van der Waals surface area (Å²) in [6.45, 7) is 7.08. The molecule has 0 saturated carbocycles. The summed E-state index contributed by atoms with van der Waals surface area (Å²) in [4.78, 5) is 2.59. The highest BCUT2D eigenvalue weighted by Crippen LogP contribution is 2.41. The van der Waals surface area contributed by atoms with Gasteiger partial charge in [0.15, 0.2) is 11.4 Å². The van der Waals surface area contributed by atoms with E-state index in [0.29, 0.717) is 17.0 Å². The van der Waals surface area contributed by atoms with Crippen molar-refractivity contribution in [2.45, 2.75) is 38.3 Å². The minimum atomic E-state index is 0.152. The highest BCUT2D eigenvalue weighted by molar-refractivity contribution is 6.31. The normalized spacial score (nSPS) is 30.7. The predicted octanol–water partition coefficient (Wildman–Crippen LogP) is 3.77. The molecule has 3 saturated heterocycles. The summed E-state index contributed by atoms with van der Waals surface area (Å²) >= 11 is 6.00. The number of anilines is 1. The first-order chi connectivity index (χ1) is 10.1. The van der Waals surface area contributed by atoms with Crippen LogP contribution in [0, 0.1) is 5.92 Å². The van der Waals surface area contributed by atoms with Crippen LogP contribution in [0.2, 0.25) is 5.02 Å². The van der Waals surface area contributed by atoms with E-state index in [-0.39, 0.29) is 5.54 Å². The van der Waals surface area contributed by atoms with Gasteiger partial charge in [0, 0.05) is 22.7 Å². The number of nitrogens with zero attached hydrogens (tertiary/aromatic N) is 2. The maximum Gasteiger partial charge on any atom is 0.177 e. The minimum absolute atomic E-state index is 0.152. The van der Waals surface area contributed by atoms with Gasteiger partial charge in [-0.1, -0.05) is 16.8 Å². The quantitative estimate of drug-likeness (QED) is 0.917. The van der Waals surface area contributed by atoms with Gasteiger partial charge in [0.05, 0.1) is 5.39 Å². The Labute approximate surface area is 129 Å². The van der Waals surface area contributed by atoms with Crippen molar-refractivity contribution >= 4 is 28.4 Å². The largest absolute Gasteiger partial charge is 0.362 e. The molecule has 5 heteroatoms. The Hall–Kier alpha value is -1.26. The van der Waals surface area contributed by atoms with E-state index < -0.39 is 0 Å². The zero-order valence-electron chi connectivity index (χ0n) is 12.4. The number of rotatable bonds is 2. The molecule has 1 unspecified atom stereocenters. The van der Waals surface area contributed by atoms with Crippen molar-refractivity contribution in [1.82, 2.24) is 10.1 Å². The second kappa shape index (κ2) is 4.62. The van der Waals surface area contributed by atoms with Crippen molar-refractivity contribution in [3.63, 3.8) is 0 Å². The number of aromatic nitrogens is 1. The predicted molar refractivity (Wildman–Crippen MR) is 84.8 cm³/mol. The molecule has 1 aromatic carbocycles. The Balaban J connectivity index is 1.68. The molecule has 4 heterocycles. The lowest BCUT2D eigenvalue weighted by molar-refractivity contribution is -0.0189. The van der Waals surface area contributed by atoms with Crippen LogP contribution in [0.15, 0.2) is 22.7 Å². The van der Waals surface area contributed by atoms with E-state index in [1.54, 1.807) is 0 Å². The van der Waals surface area contributed by atoms with Crippen molar-refractivity contribution < 1.29 is 4.52 Å². The minimum Gasteiger partial charge on any atom is -0.362 e. The van der Waals surface area contributed by atoms with E-state index in [1.165, 1.54) is 25.9 Å². The van der Waals surface area contributed by atoms with Gasteiger partial charge in [-0.15, -0.1) is 0 Å². The molecule has 1 atom stereocenters. The number of hydrogen-bond acceptors (Lipinski definition) is 4. The highest BCUT2D eigenvalue weighted by Gasteiger charge is 2.47. The number of piperidine rings is 3. The van der Waals surface area contributed by atoms with Crippen molar-refractivity contribution in [2.75, 3.05) is 18.4 Å². The monoisotopic (exact) mass is 305 g/mol. The summed E-state index contributed by atoms with van der Waals surface area (Å²) in [7, 11) is 0. The summed E-state index contributed by atoms with van der Waals surface area (Å²) < 4.78 is 5.41. The standard InChI is InChI=1S/C16H20ClN3O/c1-16(2)14(10-5-7-20(16)8-6-10)18-15-12-4-3-11(17)9-13(12)21-19-15/h3-4,9-10,14H,5-8H2,1-2H3,(H,18,19). The van der Waals surface area contributed by atoms with Gasteiger partial charge in [-0.25, -0.2) is 0 Å². The van der Waals surface area contributed by atoms with Crippen LogP contribution in [0.3, 0.4) is 0 Å². The molecule has 3 aliphatic rings. The average Bonchev–Trinajstić information content (AvgIpc) is 2.85. The summed E-state index contributed by atoms with van der Waals surface area (Å²) in [5.41, 5.74) is 0.892. The van der Waals surface area contributed by atoms with Crippen molar-refractivity contribution in [1.29, 1.82) is 0 Å². The maximum absolute atomic E-state index is 6.00. The molecular weight excluding hydrogens is 286 g/mol. The molecule has 0 aliphatic carbocycles. The van der Waals surface area contributed by atoms with Gasteiger partial charge in [-0.2, -0.15) is 0 Å². The van der Waals surface area contributed by atoms with Crippen LogP contribution < -0.4 is 5.32 Å². The van der Waals surface area contributed by atoms with Crippen LogP contribution in [0.1, 0.15) is 26.7 Å². The first-order valence-corrected chi connectivity index (χ1v) is 8.00. The molecule has 2 aromatic rings. The van der Waals surface area contributed by atoms with E-state index in [1.807, 2.05) is 18.2 Å². The van der Waals surface area contributed by atoms with Crippen molar-refractivity contribution in [3.05, 3.63) is 23.2 Å². The van der Waals surface area contributed by atoms with Gasteiger partial charge in [-0.3, -0.25) is 4.90 Å². The van der Waals surface area contributed by atoms with Crippen LogP contribution in [0.4, 0.5) is 5.82 Å². The second-order valence-corrected chi connectivity index (χ2v) is 7.21. The Kier molecular flexibility index (Phi) is 2.95. The molecule has 112 valence electrons. The molecule has 0 radical (unpaired) electrons. The first kappa shape index (κ1) is 13.4. The molecule has 3 fully saturated rings. The lowest BCUT2D eigenvalue weighted by Gasteiger charge is -2.56. The van der Waals surface area contributed by atoms with Crippen LogP contribution in [-0.2, 0) is 0 Å². The molecule has 1 aromatic heterocycles. The fraction of sp³-hybridized carbons (Fsp3) is 0.562. The Morgan fingerprint density at radius 1 is 1.33 bits per heavy atom. The molecule has 4 nitrogen and oxygen atoms in total. The van der Waals surface area contributed by atoms with E-state index >= 15 is 0 Å². The van der Waals surface area contributed by atoms with Crippen molar-refractivity contribution in [2.24, 2.45) is 5.92 Å². The molecule has 1 N–H and O–H groups in total. The smallest absolute Gasteiger partial charge is 0.177 e. The molecule has 2 bridgehead atoms. The highest BCUT2D eigenvalue weighted by atomic mass is 35.5.